The first kappa shape index (κ1) is 24.1. The highest BCUT2D eigenvalue weighted by Gasteiger charge is 2.43. The molecule has 3 rings (SSSR count). The van der Waals surface area contributed by atoms with E-state index >= 15 is 0 Å². The molecule has 0 spiro atoms. The fraction of sp³-hybridized carbons (Fsp3) is 0.613. The quantitative estimate of drug-likeness (QED) is 0.374. The maximum absolute atomic E-state index is 2.59. The predicted octanol–water partition coefficient (Wildman–Crippen LogP) is 9.71. The summed E-state index contributed by atoms with van der Waals surface area (Å²) in [5, 5.41) is 0. The van der Waals surface area contributed by atoms with Crippen LogP contribution in [0.2, 0.25) is 0 Å². The largest absolute Gasteiger partial charge is 0.0654 e. The highest BCUT2D eigenvalue weighted by atomic mass is 14.5. The number of hydrogen-bond acceptors (Lipinski definition) is 0. The molecular weight excluding hydrogens is 372 g/mol. The van der Waals surface area contributed by atoms with Gasteiger partial charge < -0.3 is 0 Å². The van der Waals surface area contributed by atoms with E-state index in [4.69, 9.17) is 0 Å². The molecule has 0 nitrogen and oxygen atoms in total. The van der Waals surface area contributed by atoms with Crippen LogP contribution in [0.5, 0.6) is 0 Å². The lowest BCUT2D eigenvalue weighted by atomic mass is 9.69. The van der Waals surface area contributed by atoms with Crippen molar-refractivity contribution in [1.29, 1.82) is 0 Å². The molecule has 2 aromatic carbocycles. The van der Waals surface area contributed by atoms with Crippen LogP contribution in [0, 0.1) is 0 Å². The molecule has 31 heavy (non-hydrogen) atoms. The van der Waals surface area contributed by atoms with Crippen molar-refractivity contribution in [2.45, 2.75) is 123 Å². The van der Waals surface area contributed by atoms with Gasteiger partial charge in [0.1, 0.15) is 0 Å². The van der Waals surface area contributed by atoms with Gasteiger partial charge in [0.2, 0.25) is 0 Å². The summed E-state index contributed by atoms with van der Waals surface area (Å²) in [6.45, 7) is 18.8. The summed E-state index contributed by atoms with van der Waals surface area (Å²) in [6, 6.07) is 14.8. The maximum Gasteiger partial charge on any atom is 0.0215 e. The van der Waals surface area contributed by atoms with E-state index in [1.165, 1.54) is 73.6 Å². The lowest BCUT2D eigenvalue weighted by Crippen LogP contribution is -2.27. The average Bonchev–Trinajstić information content (AvgIpc) is 2.96. The van der Waals surface area contributed by atoms with Gasteiger partial charge in [-0.15, -0.1) is 0 Å². The van der Waals surface area contributed by atoms with Gasteiger partial charge in [0.15, 0.2) is 0 Å². The zero-order valence-corrected chi connectivity index (χ0v) is 21.6. The monoisotopic (exact) mass is 418 g/mol. The molecule has 0 amide bonds. The van der Waals surface area contributed by atoms with Crippen LogP contribution in [0.4, 0.5) is 0 Å². The van der Waals surface area contributed by atoms with E-state index in [2.05, 4.69) is 91.8 Å². The van der Waals surface area contributed by atoms with Crippen molar-refractivity contribution in [1.82, 2.24) is 0 Å². The second-order valence-corrected chi connectivity index (χ2v) is 12.0. The molecule has 0 bridgehead atoms. The van der Waals surface area contributed by atoms with Gasteiger partial charge in [-0.2, -0.15) is 0 Å². The number of benzene rings is 2. The van der Waals surface area contributed by atoms with E-state index in [-0.39, 0.29) is 16.2 Å². The minimum absolute atomic E-state index is 0.178. The number of fused-ring (bicyclic) bond motifs is 3. The predicted molar refractivity (Wildman–Crippen MR) is 138 cm³/mol. The molecule has 0 aromatic heterocycles. The lowest BCUT2D eigenvalue weighted by molar-refractivity contribution is 0.403. The molecule has 0 heterocycles. The van der Waals surface area contributed by atoms with E-state index < -0.39 is 0 Å². The van der Waals surface area contributed by atoms with Crippen LogP contribution < -0.4 is 0 Å². The van der Waals surface area contributed by atoms with Crippen LogP contribution in [-0.2, 0) is 16.2 Å². The summed E-state index contributed by atoms with van der Waals surface area (Å²) < 4.78 is 0. The van der Waals surface area contributed by atoms with E-state index in [1.54, 1.807) is 11.1 Å². The summed E-state index contributed by atoms with van der Waals surface area (Å²) in [5.41, 5.74) is 9.72. The van der Waals surface area contributed by atoms with Crippen LogP contribution in [-0.4, -0.2) is 0 Å². The summed E-state index contributed by atoms with van der Waals surface area (Å²) >= 11 is 0. The molecule has 0 aliphatic heterocycles. The van der Waals surface area contributed by atoms with Gasteiger partial charge in [-0.1, -0.05) is 130 Å². The van der Waals surface area contributed by atoms with Crippen molar-refractivity contribution < 1.29 is 0 Å². The first-order valence-electron chi connectivity index (χ1n) is 12.8. The van der Waals surface area contributed by atoms with Crippen molar-refractivity contribution in [3.63, 3.8) is 0 Å². The van der Waals surface area contributed by atoms with Crippen LogP contribution >= 0.6 is 0 Å². The van der Waals surface area contributed by atoms with E-state index in [0.717, 1.165) is 0 Å². The molecule has 0 saturated heterocycles. The number of rotatable bonds is 8. The highest BCUT2D eigenvalue weighted by molar-refractivity contribution is 5.82. The molecule has 0 fully saturated rings. The fourth-order valence-corrected chi connectivity index (χ4v) is 5.45. The second kappa shape index (κ2) is 9.13. The summed E-state index contributed by atoms with van der Waals surface area (Å²) in [6.07, 6.45) is 10.4. The Morgan fingerprint density at radius 2 is 0.968 bits per heavy atom. The molecule has 0 N–H and O–H groups in total. The maximum atomic E-state index is 2.59. The third kappa shape index (κ3) is 4.79. The van der Waals surface area contributed by atoms with Crippen LogP contribution in [0.3, 0.4) is 0 Å². The van der Waals surface area contributed by atoms with Gasteiger partial charge in [0, 0.05) is 5.41 Å². The zero-order valence-electron chi connectivity index (χ0n) is 21.6. The smallest absolute Gasteiger partial charge is 0.0215 e. The van der Waals surface area contributed by atoms with E-state index in [0.29, 0.717) is 0 Å². The molecule has 1 aliphatic rings. The molecular formula is C31H46. The third-order valence-electron chi connectivity index (χ3n) is 7.51. The third-order valence-corrected chi connectivity index (χ3v) is 7.51. The van der Waals surface area contributed by atoms with Crippen molar-refractivity contribution in [3.05, 3.63) is 58.7 Å². The van der Waals surface area contributed by atoms with Gasteiger partial charge in [-0.05, 0) is 57.1 Å². The highest BCUT2D eigenvalue weighted by Crippen LogP contribution is 2.55. The Balaban J connectivity index is 2.24. The SMILES string of the molecule is CCCCCC1(CCCCC)c2cc(C(C)(C)C)ccc2-c2ccc(C(C)(C)C)cc21. The first-order chi connectivity index (χ1) is 14.5. The Bertz CT molecular complexity index is 810. The number of unbranched alkanes of at least 4 members (excludes halogenated alkanes) is 4. The molecule has 0 unspecified atom stereocenters. The Hall–Kier alpha value is -1.56. The van der Waals surface area contributed by atoms with Crippen LogP contribution in [0.15, 0.2) is 36.4 Å². The minimum atomic E-state index is 0.178. The Morgan fingerprint density at radius 3 is 1.29 bits per heavy atom. The summed E-state index contributed by atoms with van der Waals surface area (Å²) in [4.78, 5) is 0. The standard InChI is InChI=1S/C31H46/c1-9-11-13-19-31(20-14-12-10-2)27-21-23(29(3,4)5)15-17-25(27)26-18-16-24(22-28(26)31)30(6,7)8/h15-18,21-22H,9-14,19-20H2,1-8H3. The van der Waals surface area contributed by atoms with E-state index in [9.17, 15) is 0 Å². The van der Waals surface area contributed by atoms with Crippen LogP contribution in [0.1, 0.15) is 129 Å². The molecule has 0 atom stereocenters. The minimum Gasteiger partial charge on any atom is -0.0654 e. The normalized spacial score (nSPS) is 15.1. The molecule has 0 heteroatoms. The Morgan fingerprint density at radius 1 is 0.581 bits per heavy atom. The zero-order chi connectivity index (χ0) is 22.9. The van der Waals surface area contributed by atoms with Gasteiger partial charge in [0.05, 0.1) is 0 Å². The van der Waals surface area contributed by atoms with Gasteiger partial charge >= 0.3 is 0 Å². The lowest BCUT2D eigenvalue weighted by Gasteiger charge is -2.34. The Kier molecular flexibility index (Phi) is 7.09. The van der Waals surface area contributed by atoms with Crippen molar-refractivity contribution in [2.75, 3.05) is 0 Å². The Labute approximate surface area is 192 Å². The summed E-state index contributed by atoms with van der Waals surface area (Å²) in [7, 11) is 0. The van der Waals surface area contributed by atoms with Crippen LogP contribution in [0.25, 0.3) is 11.1 Å². The summed E-state index contributed by atoms with van der Waals surface area (Å²) in [5.74, 6) is 0. The van der Waals surface area contributed by atoms with E-state index in [1.807, 2.05) is 0 Å². The molecule has 2 aromatic rings. The van der Waals surface area contributed by atoms with Gasteiger partial charge in [-0.25, -0.2) is 0 Å². The van der Waals surface area contributed by atoms with Crippen molar-refractivity contribution in [2.24, 2.45) is 0 Å². The van der Waals surface area contributed by atoms with Crippen molar-refractivity contribution >= 4 is 0 Å². The molecule has 0 radical (unpaired) electrons. The van der Waals surface area contributed by atoms with Crippen molar-refractivity contribution in [3.8, 4) is 11.1 Å². The molecule has 170 valence electrons. The second-order valence-electron chi connectivity index (χ2n) is 12.0. The molecule has 0 saturated carbocycles. The topological polar surface area (TPSA) is 0 Å². The number of hydrogen-bond donors (Lipinski definition) is 0. The molecule has 1 aliphatic carbocycles. The average molecular weight is 419 g/mol. The van der Waals surface area contributed by atoms with Gasteiger partial charge in [0.25, 0.3) is 0 Å². The fourth-order valence-electron chi connectivity index (χ4n) is 5.45. The first-order valence-corrected chi connectivity index (χ1v) is 12.8. The van der Waals surface area contributed by atoms with Gasteiger partial charge in [-0.3, -0.25) is 0 Å².